The van der Waals surface area contributed by atoms with Crippen molar-refractivity contribution in [2.24, 2.45) is 11.5 Å². The van der Waals surface area contributed by atoms with Crippen LogP contribution in [-0.2, 0) is 4.79 Å². The molecule has 0 rings (SSSR count). The molecule has 0 spiro atoms. The lowest BCUT2D eigenvalue weighted by molar-refractivity contribution is -0.138. The summed E-state index contributed by atoms with van der Waals surface area (Å²) in [5.41, 5.74) is 10.4. The maximum Gasteiger partial charge on any atom is 0.320 e. The molecule has 5 heteroatoms. The smallest absolute Gasteiger partial charge is 0.320 e. The molecule has 0 aliphatic carbocycles. The molecule has 0 radical (unpaired) electrons. The topological polar surface area (TPSA) is 89.3 Å². The molecule has 4 nitrogen and oxygen atoms in total. The number of unbranched alkanes of at least 4 members (excludes halogenated alkanes) is 1. The summed E-state index contributed by atoms with van der Waals surface area (Å²) in [5, 5.41) is 8.33. The molecule has 5 N–H and O–H groups in total. The zero-order valence-corrected chi connectivity index (χ0v) is 8.65. The number of halogens is 1. The van der Waals surface area contributed by atoms with Crippen LogP contribution in [0.4, 0.5) is 0 Å². The van der Waals surface area contributed by atoms with E-state index in [1.807, 2.05) is 0 Å². The molecule has 0 saturated carbocycles. The largest absolute Gasteiger partial charge is 0.480 e. The Bertz CT molecular complexity index is 111. The second-order valence-corrected chi connectivity index (χ2v) is 2.23. The number of aliphatic carboxylic acids is 1. The van der Waals surface area contributed by atoms with E-state index < -0.39 is 12.0 Å². The van der Waals surface area contributed by atoms with E-state index in [1.54, 1.807) is 0 Å². The molecule has 68 valence electrons. The summed E-state index contributed by atoms with van der Waals surface area (Å²) >= 11 is 0. The average Bonchev–Trinajstić information content (AvgIpc) is 1.88. The third-order valence-electron chi connectivity index (χ3n) is 1.29. The van der Waals surface area contributed by atoms with Crippen LogP contribution in [0.25, 0.3) is 0 Å². The van der Waals surface area contributed by atoms with Gasteiger partial charge >= 0.3 is 5.97 Å². The molecule has 0 heterocycles. The van der Waals surface area contributed by atoms with E-state index in [4.69, 9.17) is 16.6 Å². The van der Waals surface area contributed by atoms with Gasteiger partial charge in [0.05, 0.1) is 0 Å². The lowest BCUT2D eigenvalue weighted by Crippen LogP contribution is -2.29. The number of hydrogen-bond acceptors (Lipinski definition) is 3. The van der Waals surface area contributed by atoms with Crippen molar-refractivity contribution in [1.29, 1.82) is 0 Å². The predicted octanol–water partition coefficient (Wildman–Crippen LogP) is 0.145. The van der Waals surface area contributed by atoms with E-state index in [9.17, 15) is 4.79 Å². The van der Waals surface area contributed by atoms with Gasteiger partial charge in [-0.15, -0.1) is 24.0 Å². The highest BCUT2D eigenvalue weighted by Gasteiger charge is 2.09. The Morgan fingerprint density at radius 3 is 2.36 bits per heavy atom. The fraction of sp³-hybridized carbons (Fsp3) is 0.833. The van der Waals surface area contributed by atoms with Gasteiger partial charge in [0.15, 0.2) is 0 Å². The van der Waals surface area contributed by atoms with Gasteiger partial charge in [0.25, 0.3) is 0 Å². The number of rotatable bonds is 5. The lowest BCUT2D eigenvalue weighted by atomic mass is 10.1. The van der Waals surface area contributed by atoms with E-state index >= 15 is 0 Å². The molecule has 0 saturated heterocycles. The van der Waals surface area contributed by atoms with Crippen LogP contribution >= 0.6 is 24.0 Å². The Kier molecular flexibility index (Phi) is 10.2. The zero-order chi connectivity index (χ0) is 7.98. The van der Waals surface area contributed by atoms with Crippen molar-refractivity contribution in [1.82, 2.24) is 0 Å². The summed E-state index contributed by atoms with van der Waals surface area (Å²) in [6, 6.07) is -0.716. The van der Waals surface area contributed by atoms with E-state index in [2.05, 4.69) is 0 Å². The van der Waals surface area contributed by atoms with E-state index in [1.165, 1.54) is 0 Å². The van der Waals surface area contributed by atoms with Gasteiger partial charge < -0.3 is 16.6 Å². The summed E-state index contributed by atoms with van der Waals surface area (Å²) in [5.74, 6) is -0.933. The van der Waals surface area contributed by atoms with Crippen LogP contribution in [0.5, 0.6) is 0 Å². The third-order valence-corrected chi connectivity index (χ3v) is 1.29. The fourth-order valence-corrected chi connectivity index (χ4v) is 0.632. The predicted molar refractivity (Wildman–Crippen MR) is 53.9 cm³/mol. The molecule has 0 amide bonds. The lowest BCUT2D eigenvalue weighted by Gasteiger charge is -2.03. The van der Waals surface area contributed by atoms with Crippen LogP contribution in [0.3, 0.4) is 0 Å². The Hall–Kier alpha value is 0.120. The van der Waals surface area contributed by atoms with E-state index in [0.29, 0.717) is 13.0 Å². The van der Waals surface area contributed by atoms with Crippen LogP contribution in [-0.4, -0.2) is 23.7 Å². The van der Waals surface area contributed by atoms with Gasteiger partial charge in [-0.1, -0.05) is 6.42 Å². The van der Waals surface area contributed by atoms with Crippen molar-refractivity contribution in [3.8, 4) is 0 Å². The van der Waals surface area contributed by atoms with Crippen molar-refractivity contribution >= 4 is 29.9 Å². The maximum absolute atomic E-state index is 10.1. The molecule has 0 aromatic heterocycles. The highest BCUT2D eigenvalue weighted by Crippen LogP contribution is 1.96. The van der Waals surface area contributed by atoms with Gasteiger partial charge in [0.2, 0.25) is 0 Å². The Balaban J connectivity index is 0. The van der Waals surface area contributed by atoms with Crippen LogP contribution in [0.1, 0.15) is 19.3 Å². The van der Waals surface area contributed by atoms with E-state index in [-0.39, 0.29) is 24.0 Å². The maximum atomic E-state index is 10.1. The molecule has 11 heavy (non-hydrogen) atoms. The van der Waals surface area contributed by atoms with Crippen LogP contribution < -0.4 is 11.5 Å². The first-order chi connectivity index (χ1) is 4.68. The van der Waals surface area contributed by atoms with Crippen LogP contribution in [0, 0.1) is 0 Å². The van der Waals surface area contributed by atoms with Gasteiger partial charge in [-0.25, -0.2) is 0 Å². The summed E-state index contributed by atoms with van der Waals surface area (Å²) in [4.78, 5) is 10.1. The fourth-order valence-electron chi connectivity index (χ4n) is 0.632. The highest BCUT2D eigenvalue weighted by atomic mass is 127. The molecule has 0 aromatic carbocycles. The third kappa shape index (κ3) is 8.02. The van der Waals surface area contributed by atoms with Gasteiger partial charge in [0, 0.05) is 0 Å². The normalized spacial score (nSPS) is 11.8. The molecule has 0 bridgehead atoms. The summed E-state index contributed by atoms with van der Waals surface area (Å²) in [6.45, 7) is 0.604. The summed E-state index contributed by atoms with van der Waals surface area (Å²) < 4.78 is 0. The molecule has 0 unspecified atom stereocenters. The van der Waals surface area contributed by atoms with Crippen molar-refractivity contribution in [3.05, 3.63) is 0 Å². The first-order valence-electron chi connectivity index (χ1n) is 3.37. The van der Waals surface area contributed by atoms with Crippen molar-refractivity contribution < 1.29 is 9.90 Å². The molecule has 1 atom stereocenters. The van der Waals surface area contributed by atoms with E-state index in [0.717, 1.165) is 12.8 Å². The first-order valence-corrected chi connectivity index (χ1v) is 3.37. The number of carbonyl (C=O) groups is 1. The standard InChI is InChI=1S/C6H14N2O2.HI/c7-4-2-1-3-5(8)6(9)10;/h5H,1-4,7-8H2,(H,9,10);1H/t5-;/m0./s1. The zero-order valence-electron chi connectivity index (χ0n) is 6.32. The molecule has 0 aliphatic heterocycles. The second-order valence-electron chi connectivity index (χ2n) is 2.23. The molecular formula is C6H15IN2O2. The number of hydrogen-bond donors (Lipinski definition) is 3. The van der Waals surface area contributed by atoms with Gasteiger partial charge in [-0.05, 0) is 19.4 Å². The van der Waals surface area contributed by atoms with Gasteiger partial charge in [-0.3, -0.25) is 4.79 Å². The van der Waals surface area contributed by atoms with Crippen molar-refractivity contribution in [2.45, 2.75) is 25.3 Å². The molecule has 0 fully saturated rings. The second kappa shape index (κ2) is 8.22. The minimum Gasteiger partial charge on any atom is -0.480 e. The number of carboxylic acid groups (broad SMARTS) is 1. The minimum absolute atomic E-state index is 0. The van der Waals surface area contributed by atoms with Crippen LogP contribution in [0.15, 0.2) is 0 Å². The van der Waals surface area contributed by atoms with Crippen molar-refractivity contribution in [2.75, 3.05) is 6.54 Å². The summed E-state index contributed by atoms with van der Waals surface area (Å²) in [7, 11) is 0. The quantitative estimate of drug-likeness (QED) is 0.491. The molecule has 0 aliphatic rings. The Morgan fingerprint density at radius 1 is 1.45 bits per heavy atom. The van der Waals surface area contributed by atoms with Crippen LogP contribution in [0.2, 0.25) is 0 Å². The number of nitrogens with two attached hydrogens (primary N) is 2. The Morgan fingerprint density at radius 2 is 2.00 bits per heavy atom. The molecule has 0 aromatic rings. The van der Waals surface area contributed by atoms with Gasteiger partial charge in [0.1, 0.15) is 6.04 Å². The Labute approximate surface area is 83.3 Å². The SMILES string of the molecule is I.NCCCC[C@H](N)C(=O)O. The molecular weight excluding hydrogens is 259 g/mol. The highest BCUT2D eigenvalue weighted by molar-refractivity contribution is 14.0. The van der Waals surface area contributed by atoms with Crippen molar-refractivity contribution in [3.63, 3.8) is 0 Å². The van der Waals surface area contributed by atoms with Gasteiger partial charge in [-0.2, -0.15) is 0 Å². The first kappa shape index (κ1) is 13.7. The average molecular weight is 274 g/mol. The summed E-state index contributed by atoms with van der Waals surface area (Å²) in [6.07, 6.45) is 2.16. The minimum atomic E-state index is -0.933. The number of carboxylic acids is 1. The monoisotopic (exact) mass is 274 g/mol.